The maximum Gasteiger partial charge on any atom is 0.416 e. The van der Waals surface area contributed by atoms with Crippen LogP contribution in [0.15, 0.2) is 85.5 Å². The van der Waals surface area contributed by atoms with Gasteiger partial charge in [-0.05, 0) is 89.8 Å². The Labute approximate surface area is 477 Å². The molecule has 436 valence electrons. The van der Waals surface area contributed by atoms with E-state index in [4.69, 9.17) is 57.4 Å². The summed E-state index contributed by atoms with van der Waals surface area (Å²) in [4.78, 5) is 44.8. The lowest BCUT2D eigenvalue weighted by Crippen LogP contribution is -2.56. The number of alkyl halides is 6. The zero-order valence-corrected chi connectivity index (χ0v) is 46.4. The number of benzene rings is 2. The molecule has 82 heavy (non-hydrogen) atoms. The highest BCUT2D eigenvalue weighted by Gasteiger charge is 2.41. The Kier molecular flexibility index (Phi) is 16.8. The number of ether oxygens (including phenoxy) is 6. The molecule has 4 aromatic heterocycles. The average molecular weight is 1180 g/mol. The van der Waals surface area contributed by atoms with Gasteiger partial charge in [0.15, 0.2) is 23.2 Å². The average Bonchev–Trinajstić information content (AvgIpc) is 2.86. The van der Waals surface area contributed by atoms with Crippen LogP contribution in [0.1, 0.15) is 64.5 Å². The van der Waals surface area contributed by atoms with Crippen molar-refractivity contribution in [1.82, 2.24) is 29.9 Å². The SMILES string of the molecule is CC1(C)OC[C@H](COc2cc(N)ncn2)O1.CC1(C)OC[C@H](COc2cc(NC(=O)N3c4nc(-c5cccc(C(F)(F)F)c5)c(Cl)cc4N4CCC[C@H]3C4)ncn2)O1.FC(F)(F)c1cccc(-c2nc3c(cc2Cl)N2CCC[C@@H](C2)N3)c1. The van der Waals surface area contributed by atoms with Gasteiger partial charge in [0, 0.05) is 55.5 Å². The lowest BCUT2D eigenvalue weighted by Gasteiger charge is -2.46. The van der Waals surface area contributed by atoms with Crippen LogP contribution in [-0.2, 0) is 31.3 Å². The number of piperidine rings is 2. The molecule has 0 spiro atoms. The molecule has 6 aliphatic heterocycles. The van der Waals surface area contributed by atoms with Gasteiger partial charge in [-0.1, -0.05) is 47.5 Å². The molecule has 0 saturated carbocycles. The number of carbonyl (C=O) groups is 1. The second-order valence-corrected chi connectivity index (χ2v) is 21.8. The number of halogens is 8. The lowest BCUT2D eigenvalue weighted by molar-refractivity contribution is -0.142. The van der Waals surface area contributed by atoms with E-state index in [2.05, 4.69) is 50.3 Å². The zero-order valence-electron chi connectivity index (χ0n) is 44.9. The Morgan fingerprint density at radius 3 is 1.84 bits per heavy atom. The first-order chi connectivity index (χ1) is 38.9. The number of urea groups is 1. The molecule has 27 heteroatoms. The van der Waals surface area contributed by atoms with Crippen molar-refractivity contribution in [1.29, 1.82) is 0 Å². The van der Waals surface area contributed by atoms with Gasteiger partial charge in [0.2, 0.25) is 11.8 Å². The topological polar surface area (TPSA) is 210 Å². The summed E-state index contributed by atoms with van der Waals surface area (Å²) in [6.07, 6.45) is -2.89. The number of carbonyl (C=O) groups excluding carboxylic acids is 1. The quantitative estimate of drug-likeness (QED) is 0.115. The van der Waals surface area contributed by atoms with Gasteiger partial charge in [-0.15, -0.1) is 0 Å². The van der Waals surface area contributed by atoms with E-state index in [0.717, 1.165) is 75.3 Å². The Morgan fingerprint density at radius 1 is 0.720 bits per heavy atom. The smallest absolute Gasteiger partial charge is 0.416 e. The van der Waals surface area contributed by atoms with E-state index in [9.17, 15) is 31.1 Å². The molecule has 12 rings (SSSR count). The summed E-state index contributed by atoms with van der Waals surface area (Å²) in [5, 5.41) is 6.73. The van der Waals surface area contributed by atoms with Crippen LogP contribution >= 0.6 is 23.2 Å². The number of fused-ring (bicyclic) bond motifs is 8. The van der Waals surface area contributed by atoms with Crippen LogP contribution in [0.3, 0.4) is 0 Å². The molecule has 6 aromatic rings. The first-order valence-electron chi connectivity index (χ1n) is 26.4. The maximum atomic E-state index is 13.7. The van der Waals surface area contributed by atoms with Crippen molar-refractivity contribution < 1.29 is 59.6 Å². The highest BCUT2D eigenvalue weighted by Crippen LogP contribution is 2.44. The normalized spacial score (nSPS) is 21.1. The highest BCUT2D eigenvalue weighted by atomic mass is 35.5. The molecule has 10 heterocycles. The van der Waals surface area contributed by atoms with E-state index in [1.54, 1.807) is 24.3 Å². The molecule has 6 aliphatic rings. The van der Waals surface area contributed by atoms with E-state index in [0.29, 0.717) is 77.7 Å². The van der Waals surface area contributed by atoms with Crippen LogP contribution in [0.2, 0.25) is 10.0 Å². The molecule has 0 radical (unpaired) electrons. The zero-order chi connectivity index (χ0) is 58.1. The number of rotatable bonds is 9. The Bertz CT molecular complexity index is 3290. The largest absolute Gasteiger partial charge is 0.475 e. The van der Waals surface area contributed by atoms with E-state index in [-0.39, 0.29) is 52.8 Å². The minimum absolute atomic E-state index is 0.0776. The van der Waals surface area contributed by atoms with Crippen LogP contribution in [0.5, 0.6) is 11.8 Å². The maximum absolute atomic E-state index is 13.7. The fourth-order valence-electron chi connectivity index (χ4n) is 10.3. The van der Waals surface area contributed by atoms with Crippen LogP contribution < -0.4 is 40.5 Å². The van der Waals surface area contributed by atoms with Crippen molar-refractivity contribution >= 4 is 63.9 Å². The molecule has 0 unspecified atom stereocenters. The van der Waals surface area contributed by atoms with Gasteiger partial charge < -0.3 is 49.3 Å². The van der Waals surface area contributed by atoms with Crippen LogP contribution in [-0.4, -0.2) is 124 Å². The summed E-state index contributed by atoms with van der Waals surface area (Å²) >= 11 is 12.9. The third-order valence-corrected chi connectivity index (χ3v) is 14.6. The number of nitrogens with zero attached hydrogens (tertiary/aromatic N) is 9. The number of hydrogen-bond donors (Lipinski definition) is 3. The summed E-state index contributed by atoms with van der Waals surface area (Å²) in [6.45, 7) is 12.1. The first-order valence-corrected chi connectivity index (χ1v) is 27.1. The molecular weight excluding hydrogens is 1130 g/mol. The predicted molar refractivity (Wildman–Crippen MR) is 294 cm³/mol. The van der Waals surface area contributed by atoms with Crippen molar-refractivity contribution in [3.63, 3.8) is 0 Å². The fourth-order valence-corrected chi connectivity index (χ4v) is 10.8. The van der Waals surface area contributed by atoms with E-state index >= 15 is 0 Å². The number of hydrogen-bond acceptors (Lipinski definition) is 17. The third kappa shape index (κ3) is 13.9. The molecule has 0 aliphatic carbocycles. The number of nitrogen functional groups attached to an aromatic ring is 1. The number of nitrogens with one attached hydrogen (secondary N) is 2. The van der Waals surface area contributed by atoms with Crippen molar-refractivity contribution in [2.75, 3.05) is 83.7 Å². The predicted octanol–water partition coefficient (Wildman–Crippen LogP) is 11.2. The summed E-state index contributed by atoms with van der Waals surface area (Å²) in [5.41, 5.74) is 6.62. The van der Waals surface area contributed by atoms with Crippen LogP contribution in [0, 0.1) is 0 Å². The van der Waals surface area contributed by atoms with Crippen molar-refractivity contribution in [2.45, 2.75) is 102 Å². The van der Waals surface area contributed by atoms with Gasteiger partial charge in [0.1, 0.15) is 49.7 Å². The lowest BCUT2D eigenvalue weighted by atomic mass is 9.99. The Hall–Kier alpha value is -7.03. The standard InChI is InChI=1S/C28H28ClF3N6O4.C17H15ClF3N3.C10H15N3O3/c1-27(2)41-14-19(42-27)13-40-23-11-22(33-15-34-23)35-26(39)38-18-7-4-8-37(12-18)21-10-20(29)24(36-25(21)38)16-5-3-6-17(9-16)28(30,31)32;18-13-8-14-16(22-12-5-2-6-24(14)9-12)23-15(13)10-3-1-4-11(7-10)17(19,20)21;1-10(2)15-5-7(16-10)4-14-9-3-8(11)12-6-13-9/h3,5-6,9-11,15,18-19H,4,7-8,12-14H2,1-2H3,(H,33,34,35,39);1,3-4,7-8,12H,2,5-6,9H2,(H,22,23);3,6-7H,4-5H2,1-2H3,(H2,11,12,13)/t18-,19-;12-;7-/m000/s1. The van der Waals surface area contributed by atoms with Crippen LogP contribution in [0.4, 0.5) is 65.8 Å². The number of nitrogens with two attached hydrogens (primary N) is 1. The second kappa shape index (κ2) is 23.7. The fraction of sp³-hybridized carbons (Fsp3) is 0.436. The van der Waals surface area contributed by atoms with Gasteiger partial charge in [-0.25, -0.2) is 34.7 Å². The number of aromatic nitrogens is 6. The van der Waals surface area contributed by atoms with Gasteiger partial charge >= 0.3 is 18.4 Å². The summed E-state index contributed by atoms with van der Waals surface area (Å²) < 4.78 is 113. The van der Waals surface area contributed by atoms with E-state index in [1.165, 1.54) is 41.8 Å². The molecule has 19 nitrogen and oxygen atoms in total. The molecule has 4 atom stereocenters. The monoisotopic (exact) mass is 1180 g/mol. The Balaban J connectivity index is 0.000000157. The molecule has 4 saturated heterocycles. The number of anilines is 6. The minimum Gasteiger partial charge on any atom is -0.475 e. The number of pyridine rings is 2. The van der Waals surface area contributed by atoms with Gasteiger partial charge in [-0.3, -0.25) is 10.2 Å². The molecule has 4 bridgehead atoms. The first kappa shape index (κ1) is 58.2. The molecule has 4 N–H and O–H groups in total. The van der Waals surface area contributed by atoms with E-state index in [1.807, 2.05) is 27.7 Å². The summed E-state index contributed by atoms with van der Waals surface area (Å²) in [6, 6.07) is 16.1. The van der Waals surface area contributed by atoms with E-state index < -0.39 is 41.1 Å². The van der Waals surface area contributed by atoms with Crippen molar-refractivity contribution in [3.05, 3.63) is 107 Å². The van der Waals surface area contributed by atoms with Crippen molar-refractivity contribution in [2.24, 2.45) is 0 Å². The molecular formula is C55H58Cl2F6N12O7. The number of amides is 2. The van der Waals surface area contributed by atoms with Gasteiger partial charge in [0.25, 0.3) is 0 Å². The summed E-state index contributed by atoms with van der Waals surface area (Å²) in [5.74, 6) is 1.08. The second-order valence-electron chi connectivity index (χ2n) is 21.0. The van der Waals surface area contributed by atoms with Gasteiger partial charge in [-0.2, -0.15) is 26.3 Å². The van der Waals surface area contributed by atoms with Gasteiger partial charge in [0.05, 0.1) is 63.2 Å². The van der Waals surface area contributed by atoms with Crippen molar-refractivity contribution in [3.8, 4) is 34.3 Å². The molecule has 2 amide bonds. The molecule has 2 aromatic carbocycles. The highest BCUT2D eigenvalue weighted by molar-refractivity contribution is 6.34. The summed E-state index contributed by atoms with van der Waals surface area (Å²) in [7, 11) is 0. The Morgan fingerprint density at radius 2 is 1.27 bits per heavy atom. The third-order valence-electron chi connectivity index (χ3n) is 14.0. The minimum atomic E-state index is -4.53. The molecule has 4 fully saturated rings. The van der Waals surface area contributed by atoms with Crippen LogP contribution in [0.25, 0.3) is 22.5 Å².